The number of nitrogens with zero attached hydrogens (tertiary/aromatic N) is 3. The Morgan fingerprint density at radius 1 is 1.29 bits per heavy atom. The quantitative estimate of drug-likeness (QED) is 0.426. The number of benzene rings is 1. The molecule has 4 atom stereocenters. The van der Waals surface area contributed by atoms with E-state index in [4.69, 9.17) is 10.3 Å². The van der Waals surface area contributed by atoms with Crippen LogP contribution in [0.4, 0.5) is 5.69 Å². The van der Waals surface area contributed by atoms with Gasteiger partial charge in [-0.15, -0.1) is 11.3 Å². The maximum atomic E-state index is 13.5. The Morgan fingerprint density at radius 2 is 2.06 bits per heavy atom. The highest BCUT2D eigenvalue weighted by molar-refractivity contribution is 7.13. The van der Waals surface area contributed by atoms with E-state index in [0.717, 1.165) is 21.7 Å². The van der Waals surface area contributed by atoms with Gasteiger partial charge >= 0.3 is 0 Å². The van der Waals surface area contributed by atoms with Crippen molar-refractivity contribution in [3.05, 3.63) is 53.0 Å². The van der Waals surface area contributed by atoms with Crippen molar-refractivity contribution in [2.75, 3.05) is 12.3 Å². The van der Waals surface area contributed by atoms with Gasteiger partial charge in [0.15, 0.2) is 0 Å². The number of carbonyl (C=O) groups is 2. The molecule has 1 fully saturated rings. The zero-order valence-corrected chi connectivity index (χ0v) is 21.1. The summed E-state index contributed by atoms with van der Waals surface area (Å²) >= 11 is 1.53. The van der Waals surface area contributed by atoms with E-state index >= 15 is 0 Å². The summed E-state index contributed by atoms with van der Waals surface area (Å²) in [5.41, 5.74) is 11.4. The first-order valence-electron chi connectivity index (χ1n) is 11.7. The molecule has 186 valence electrons. The van der Waals surface area contributed by atoms with Gasteiger partial charge in [-0.3, -0.25) is 9.59 Å². The standard InChI is InChI=1S/C25H31N5O4S/c1-13(2)22(21-7-8-28-34-21)25(33)30-11-17(31)10-20(30)24(32)29-14(3)16-5-6-18(19(26)9-16)23-15(4)27-12-35-23/h5-9,12-14,17,20,22,31H,10-11,26H2,1-4H3,(H,29,32)/t14-,17+,20-,22+/m0/s1. The summed E-state index contributed by atoms with van der Waals surface area (Å²) in [4.78, 5) is 33.5. The van der Waals surface area contributed by atoms with Crippen LogP contribution in [-0.2, 0) is 9.59 Å². The predicted molar refractivity (Wildman–Crippen MR) is 133 cm³/mol. The number of aromatic nitrogens is 2. The van der Waals surface area contributed by atoms with Crippen molar-refractivity contribution in [3.8, 4) is 10.4 Å². The fourth-order valence-electron chi connectivity index (χ4n) is 4.62. The molecule has 4 N–H and O–H groups in total. The van der Waals surface area contributed by atoms with Crippen molar-refractivity contribution < 1.29 is 19.2 Å². The molecule has 0 spiro atoms. The third kappa shape index (κ3) is 5.08. The van der Waals surface area contributed by atoms with E-state index in [2.05, 4.69) is 15.5 Å². The molecule has 1 aromatic carbocycles. The molecule has 2 aromatic heterocycles. The lowest BCUT2D eigenvalue weighted by molar-refractivity contribution is -0.141. The van der Waals surface area contributed by atoms with Crippen LogP contribution < -0.4 is 11.1 Å². The second-order valence-corrected chi connectivity index (χ2v) is 10.2. The molecular weight excluding hydrogens is 466 g/mol. The molecule has 4 rings (SSSR count). The second kappa shape index (κ2) is 10.2. The molecule has 2 amide bonds. The monoisotopic (exact) mass is 497 g/mol. The van der Waals surface area contributed by atoms with Crippen molar-refractivity contribution in [1.82, 2.24) is 20.4 Å². The molecule has 0 bridgehead atoms. The van der Waals surface area contributed by atoms with Crippen LogP contribution in [0, 0.1) is 12.8 Å². The fourth-order valence-corrected chi connectivity index (χ4v) is 5.47. The maximum Gasteiger partial charge on any atom is 0.243 e. The second-order valence-electron chi connectivity index (χ2n) is 9.38. The number of carbonyl (C=O) groups excluding carboxylic acids is 2. The van der Waals surface area contributed by atoms with Crippen LogP contribution in [0.15, 0.2) is 40.5 Å². The minimum Gasteiger partial charge on any atom is -0.398 e. The van der Waals surface area contributed by atoms with Crippen molar-refractivity contribution in [3.63, 3.8) is 0 Å². The Balaban J connectivity index is 1.49. The number of amides is 2. The van der Waals surface area contributed by atoms with Gasteiger partial charge in [0.1, 0.15) is 17.7 Å². The summed E-state index contributed by atoms with van der Waals surface area (Å²) < 4.78 is 5.26. The number of aryl methyl sites for hydroxylation is 1. The minimum atomic E-state index is -0.777. The summed E-state index contributed by atoms with van der Waals surface area (Å²) in [6.07, 6.45) is 0.901. The number of nitrogens with two attached hydrogens (primary N) is 1. The smallest absolute Gasteiger partial charge is 0.243 e. The van der Waals surface area contributed by atoms with Crippen LogP contribution >= 0.6 is 11.3 Å². The van der Waals surface area contributed by atoms with Gasteiger partial charge in [-0.1, -0.05) is 31.1 Å². The fraction of sp³-hybridized carbons (Fsp3) is 0.440. The number of nitrogens with one attached hydrogen (secondary N) is 1. The molecular formula is C25H31N5O4S. The number of hydrogen-bond donors (Lipinski definition) is 3. The van der Waals surface area contributed by atoms with Crippen LogP contribution in [0.25, 0.3) is 10.4 Å². The van der Waals surface area contributed by atoms with Crippen LogP contribution in [0.2, 0.25) is 0 Å². The Kier molecular flexibility index (Phi) is 7.23. The molecule has 0 unspecified atom stereocenters. The van der Waals surface area contributed by atoms with Crippen LogP contribution in [0.5, 0.6) is 0 Å². The van der Waals surface area contributed by atoms with E-state index in [1.807, 2.05) is 45.9 Å². The van der Waals surface area contributed by atoms with Crippen molar-refractivity contribution >= 4 is 28.8 Å². The highest BCUT2D eigenvalue weighted by Gasteiger charge is 2.43. The van der Waals surface area contributed by atoms with Gasteiger partial charge in [-0.05, 0) is 31.4 Å². The number of likely N-dealkylation sites (tertiary alicyclic amines) is 1. The first-order chi connectivity index (χ1) is 16.7. The first kappa shape index (κ1) is 24.9. The molecule has 1 aliphatic heterocycles. The number of thiazole rings is 1. The van der Waals surface area contributed by atoms with E-state index < -0.39 is 18.1 Å². The Labute approximate surface area is 208 Å². The lowest BCUT2D eigenvalue weighted by atomic mass is 9.91. The number of aliphatic hydroxyl groups excluding tert-OH is 1. The first-order valence-corrected chi connectivity index (χ1v) is 12.5. The average molecular weight is 498 g/mol. The summed E-state index contributed by atoms with van der Waals surface area (Å²) in [7, 11) is 0. The molecule has 9 nitrogen and oxygen atoms in total. The van der Waals surface area contributed by atoms with Gasteiger partial charge in [-0.25, -0.2) is 4.98 Å². The molecule has 1 aliphatic rings. The molecule has 3 aromatic rings. The Bertz CT molecular complexity index is 1190. The number of nitrogen functional groups attached to an aromatic ring is 1. The predicted octanol–water partition coefficient (Wildman–Crippen LogP) is 3.27. The summed E-state index contributed by atoms with van der Waals surface area (Å²) in [5, 5.41) is 17.0. The van der Waals surface area contributed by atoms with E-state index in [1.165, 1.54) is 22.4 Å². The van der Waals surface area contributed by atoms with Gasteiger partial charge in [-0.2, -0.15) is 0 Å². The summed E-state index contributed by atoms with van der Waals surface area (Å²) in [6.45, 7) is 7.73. The number of aliphatic hydroxyl groups is 1. The average Bonchev–Trinajstić information content (AvgIpc) is 3.55. The van der Waals surface area contributed by atoms with Gasteiger partial charge < -0.3 is 25.6 Å². The molecule has 35 heavy (non-hydrogen) atoms. The van der Waals surface area contributed by atoms with Crippen LogP contribution in [-0.4, -0.2) is 50.7 Å². The number of hydrogen-bond acceptors (Lipinski definition) is 8. The summed E-state index contributed by atoms with van der Waals surface area (Å²) in [6, 6.07) is 6.26. The topological polar surface area (TPSA) is 135 Å². The minimum absolute atomic E-state index is 0.0699. The highest BCUT2D eigenvalue weighted by atomic mass is 32.1. The van der Waals surface area contributed by atoms with Crippen molar-refractivity contribution in [2.24, 2.45) is 5.92 Å². The number of β-amino-alcohol motifs (C(OH)–C–C–N with tert-alkyl or cyclic N) is 1. The third-order valence-corrected chi connectivity index (χ3v) is 7.45. The lowest BCUT2D eigenvalue weighted by Crippen LogP contribution is -2.48. The highest BCUT2D eigenvalue weighted by Crippen LogP contribution is 2.34. The summed E-state index contributed by atoms with van der Waals surface area (Å²) in [5.74, 6) is -0.777. The molecule has 0 aliphatic carbocycles. The third-order valence-electron chi connectivity index (χ3n) is 6.49. The molecule has 10 heteroatoms. The molecule has 0 radical (unpaired) electrons. The number of rotatable bonds is 7. The zero-order chi connectivity index (χ0) is 25.3. The van der Waals surface area contributed by atoms with Gasteiger partial charge in [0.05, 0.1) is 34.4 Å². The lowest BCUT2D eigenvalue weighted by Gasteiger charge is -2.29. The maximum absolute atomic E-state index is 13.5. The molecule has 1 saturated heterocycles. The van der Waals surface area contributed by atoms with Gasteiger partial charge in [0, 0.05) is 30.3 Å². The van der Waals surface area contributed by atoms with Gasteiger partial charge in [0.2, 0.25) is 11.8 Å². The van der Waals surface area contributed by atoms with Crippen molar-refractivity contribution in [2.45, 2.75) is 58.2 Å². The Morgan fingerprint density at radius 3 is 2.66 bits per heavy atom. The van der Waals surface area contributed by atoms with Crippen LogP contribution in [0.3, 0.4) is 0 Å². The zero-order valence-electron chi connectivity index (χ0n) is 20.3. The largest absolute Gasteiger partial charge is 0.398 e. The Hall–Kier alpha value is -3.24. The molecule has 3 heterocycles. The van der Waals surface area contributed by atoms with Gasteiger partial charge in [0.25, 0.3) is 0 Å². The van der Waals surface area contributed by atoms with E-state index in [0.29, 0.717) is 11.4 Å². The van der Waals surface area contributed by atoms with E-state index in [9.17, 15) is 14.7 Å². The van der Waals surface area contributed by atoms with Crippen LogP contribution in [0.1, 0.15) is 56.2 Å². The van der Waals surface area contributed by atoms with E-state index in [-0.39, 0.29) is 36.7 Å². The number of anilines is 1. The van der Waals surface area contributed by atoms with E-state index in [1.54, 1.807) is 11.6 Å². The molecule has 0 saturated carbocycles. The normalized spacial score (nSPS) is 19.7. The SMILES string of the molecule is Cc1ncsc1-c1ccc([C@H](C)NC(=O)[C@@H]2C[C@@H](O)CN2C(=O)[C@@H](c2ccno2)C(C)C)cc1N. The van der Waals surface area contributed by atoms with Crippen molar-refractivity contribution in [1.29, 1.82) is 0 Å².